The number of anilines is 1. The Morgan fingerprint density at radius 2 is 1.77 bits per heavy atom. The molecule has 3 rings (SSSR count). The van der Waals surface area contributed by atoms with E-state index in [4.69, 9.17) is 0 Å². The number of rotatable bonds is 5. The summed E-state index contributed by atoms with van der Waals surface area (Å²) in [5.41, 5.74) is 1.57. The predicted molar refractivity (Wildman–Crippen MR) is 98.3 cm³/mol. The van der Waals surface area contributed by atoms with Crippen LogP contribution in [0, 0.1) is 5.82 Å². The molecule has 2 aromatic carbocycles. The highest BCUT2D eigenvalue weighted by atomic mass is 19.1. The fraction of sp³-hybridized carbons (Fsp3) is 0.150. The monoisotopic (exact) mass is 351 g/mol. The number of halogens is 1. The number of nitrogens with one attached hydrogen (secondary N) is 1. The Hall–Kier alpha value is -3.28. The average molecular weight is 351 g/mol. The Balaban J connectivity index is 1.90. The lowest BCUT2D eigenvalue weighted by Crippen LogP contribution is -2.34. The maximum atomic E-state index is 13.0. The van der Waals surface area contributed by atoms with Crippen molar-refractivity contribution < 1.29 is 9.18 Å². The summed E-state index contributed by atoms with van der Waals surface area (Å²) < 4.78 is 14.2. The molecule has 3 aromatic rings. The second kappa shape index (κ2) is 7.74. The van der Waals surface area contributed by atoms with Crippen LogP contribution in [0.4, 0.5) is 10.1 Å². The second-order valence-corrected chi connectivity index (χ2v) is 5.79. The lowest BCUT2D eigenvalue weighted by molar-refractivity contribution is -0.119. The summed E-state index contributed by atoms with van der Waals surface area (Å²) in [5, 5.41) is 7.07. The van der Waals surface area contributed by atoms with Crippen molar-refractivity contribution in [2.24, 2.45) is 0 Å². The number of aromatic nitrogens is 2. The average Bonchev–Trinajstić information content (AvgIpc) is 2.66. The zero-order valence-corrected chi connectivity index (χ0v) is 14.2. The van der Waals surface area contributed by atoms with Crippen molar-refractivity contribution in [1.82, 2.24) is 9.78 Å². The highest BCUT2D eigenvalue weighted by molar-refractivity contribution is 5.93. The molecule has 0 unspecified atom stereocenters. The molecular formula is C20H18FN3O2. The largest absolute Gasteiger partial charge is 0.324 e. The quantitative estimate of drug-likeness (QED) is 0.763. The van der Waals surface area contributed by atoms with Crippen molar-refractivity contribution in [2.45, 2.75) is 19.4 Å². The molecule has 1 amide bonds. The second-order valence-electron chi connectivity index (χ2n) is 5.79. The fourth-order valence-corrected chi connectivity index (χ4v) is 2.64. The van der Waals surface area contributed by atoms with Gasteiger partial charge >= 0.3 is 0 Å². The molecule has 0 saturated carbocycles. The SMILES string of the molecule is CC[C@H](C(=O)Nc1ccc(F)cc1)n1nc(-c2ccccc2)ccc1=O. The van der Waals surface area contributed by atoms with Crippen molar-refractivity contribution in [2.75, 3.05) is 5.32 Å². The summed E-state index contributed by atoms with van der Waals surface area (Å²) in [6, 6.07) is 17.2. The van der Waals surface area contributed by atoms with Crippen LogP contribution in [0.15, 0.2) is 71.5 Å². The Morgan fingerprint density at radius 1 is 1.08 bits per heavy atom. The molecule has 0 fully saturated rings. The summed E-state index contributed by atoms with van der Waals surface area (Å²) in [5.74, 6) is -0.762. The Bertz CT molecular complexity index is 953. The van der Waals surface area contributed by atoms with Crippen LogP contribution in [0.5, 0.6) is 0 Å². The molecule has 0 aliphatic rings. The standard InChI is InChI=1S/C20H18FN3O2/c1-2-18(20(26)22-16-10-8-15(21)9-11-16)24-19(25)13-12-17(23-24)14-6-4-3-5-7-14/h3-13,18H,2H2,1H3,(H,22,26)/t18-/m1/s1. The minimum absolute atomic E-state index is 0.356. The normalized spacial score (nSPS) is 11.8. The summed E-state index contributed by atoms with van der Waals surface area (Å²) in [6.45, 7) is 1.80. The zero-order chi connectivity index (χ0) is 18.5. The molecule has 0 spiro atoms. The molecule has 0 radical (unpaired) electrons. The van der Waals surface area contributed by atoms with Crippen molar-refractivity contribution in [3.8, 4) is 11.3 Å². The van der Waals surface area contributed by atoms with Crippen LogP contribution in [-0.4, -0.2) is 15.7 Å². The highest BCUT2D eigenvalue weighted by Crippen LogP contribution is 2.18. The van der Waals surface area contributed by atoms with Crippen LogP contribution in [0.1, 0.15) is 19.4 Å². The van der Waals surface area contributed by atoms with E-state index in [2.05, 4.69) is 10.4 Å². The lowest BCUT2D eigenvalue weighted by atomic mass is 10.1. The third-order valence-corrected chi connectivity index (χ3v) is 3.99. The Labute approximate surface area is 150 Å². The van der Waals surface area contributed by atoms with E-state index in [1.54, 1.807) is 13.0 Å². The molecule has 0 aliphatic carbocycles. The molecule has 132 valence electrons. The van der Waals surface area contributed by atoms with E-state index in [9.17, 15) is 14.0 Å². The summed E-state index contributed by atoms with van der Waals surface area (Å²) in [7, 11) is 0. The molecule has 1 N–H and O–H groups in total. The highest BCUT2D eigenvalue weighted by Gasteiger charge is 2.21. The predicted octanol–water partition coefficient (Wildman–Crippen LogP) is 3.64. The molecular weight excluding hydrogens is 333 g/mol. The third kappa shape index (κ3) is 3.85. The minimum atomic E-state index is -0.767. The first-order valence-electron chi connectivity index (χ1n) is 8.30. The van der Waals surface area contributed by atoms with Crippen LogP contribution in [0.25, 0.3) is 11.3 Å². The third-order valence-electron chi connectivity index (χ3n) is 3.99. The Kier molecular flexibility index (Phi) is 5.22. The molecule has 0 bridgehead atoms. The van der Waals surface area contributed by atoms with Gasteiger partial charge in [-0.05, 0) is 36.8 Å². The van der Waals surface area contributed by atoms with E-state index in [0.717, 1.165) is 5.56 Å². The minimum Gasteiger partial charge on any atom is -0.324 e. The molecule has 0 saturated heterocycles. The van der Waals surface area contributed by atoms with Gasteiger partial charge in [-0.1, -0.05) is 37.3 Å². The fourth-order valence-electron chi connectivity index (χ4n) is 2.64. The summed E-state index contributed by atoms with van der Waals surface area (Å²) in [6.07, 6.45) is 0.387. The van der Waals surface area contributed by atoms with E-state index in [1.807, 2.05) is 30.3 Å². The number of hydrogen-bond acceptors (Lipinski definition) is 3. The van der Waals surface area contributed by atoms with Crippen LogP contribution in [-0.2, 0) is 4.79 Å². The molecule has 26 heavy (non-hydrogen) atoms. The molecule has 5 nitrogen and oxygen atoms in total. The lowest BCUT2D eigenvalue weighted by Gasteiger charge is -2.17. The first kappa shape index (κ1) is 17.5. The number of carbonyl (C=O) groups excluding carboxylic acids is 1. The molecule has 1 atom stereocenters. The van der Waals surface area contributed by atoms with Gasteiger partial charge in [0.05, 0.1) is 5.69 Å². The van der Waals surface area contributed by atoms with Crippen molar-refractivity contribution in [3.05, 3.63) is 82.9 Å². The molecule has 1 aromatic heterocycles. The van der Waals surface area contributed by atoms with Gasteiger partial charge in [-0.3, -0.25) is 9.59 Å². The van der Waals surface area contributed by atoms with E-state index in [-0.39, 0.29) is 17.3 Å². The Morgan fingerprint density at radius 3 is 2.42 bits per heavy atom. The molecule has 0 aliphatic heterocycles. The number of hydrogen-bond donors (Lipinski definition) is 1. The van der Waals surface area contributed by atoms with E-state index >= 15 is 0 Å². The van der Waals surface area contributed by atoms with Gasteiger partial charge in [-0.25, -0.2) is 9.07 Å². The summed E-state index contributed by atoms with van der Waals surface area (Å²) in [4.78, 5) is 24.9. The van der Waals surface area contributed by atoms with Crippen molar-refractivity contribution in [1.29, 1.82) is 0 Å². The van der Waals surface area contributed by atoms with Gasteiger partial charge in [0.25, 0.3) is 5.56 Å². The maximum absolute atomic E-state index is 13.0. The van der Waals surface area contributed by atoms with Gasteiger partial charge in [0.2, 0.25) is 5.91 Å². The number of nitrogens with zero attached hydrogens (tertiary/aromatic N) is 2. The number of benzene rings is 2. The summed E-state index contributed by atoms with van der Waals surface area (Å²) >= 11 is 0. The van der Waals surface area contributed by atoms with Gasteiger partial charge in [0.15, 0.2) is 0 Å². The van der Waals surface area contributed by atoms with E-state index < -0.39 is 6.04 Å². The first-order valence-corrected chi connectivity index (χ1v) is 8.30. The van der Waals surface area contributed by atoms with Crippen LogP contribution in [0.3, 0.4) is 0 Å². The topological polar surface area (TPSA) is 64.0 Å². The van der Waals surface area contributed by atoms with Crippen LogP contribution in [0.2, 0.25) is 0 Å². The van der Waals surface area contributed by atoms with E-state index in [0.29, 0.717) is 17.8 Å². The van der Waals surface area contributed by atoms with Gasteiger partial charge < -0.3 is 5.32 Å². The zero-order valence-electron chi connectivity index (χ0n) is 14.2. The first-order chi connectivity index (χ1) is 12.6. The number of amides is 1. The van der Waals surface area contributed by atoms with Gasteiger partial charge in [-0.2, -0.15) is 5.10 Å². The van der Waals surface area contributed by atoms with Crippen LogP contribution < -0.4 is 10.9 Å². The molecule has 6 heteroatoms. The van der Waals surface area contributed by atoms with Gasteiger partial charge in [0.1, 0.15) is 11.9 Å². The van der Waals surface area contributed by atoms with Crippen LogP contribution >= 0.6 is 0 Å². The number of carbonyl (C=O) groups is 1. The molecule has 1 heterocycles. The van der Waals surface area contributed by atoms with Gasteiger partial charge in [-0.15, -0.1) is 0 Å². The van der Waals surface area contributed by atoms with Gasteiger partial charge in [0, 0.05) is 17.3 Å². The van der Waals surface area contributed by atoms with Crippen molar-refractivity contribution >= 4 is 11.6 Å². The maximum Gasteiger partial charge on any atom is 0.267 e. The van der Waals surface area contributed by atoms with E-state index in [1.165, 1.54) is 35.0 Å². The smallest absolute Gasteiger partial charge is 0.267 e. The van der Waals surface area contributed by atoms with Crippen molar-refractivity contribution in [3.63, 3.8) is 0 Å².